The molecule has 1 fully saturated rings. The summed E-state index contributed by atoms with van der Waals surface area (Å²) in [4.78, 5) is 19.8. The van der Waals surface area contributed by atoms with Crippen molar-refractivity contribution in [3.63, 3.8) is 0 Å². The van der Waals surface area contributed by atoms with Crippen LogP contribution in [0.25, 0.3) is 0 Å². The minimum Gasteiger partial charge on any atom is -0.493 e. The molecule has 172 valence electrons. The Kier molecular flexibility index (Phi) is 8.72. The molecule has 0 bridgehead atoms. The number of carbonyl (C=O) groups excluding carboxylic acids is 1. The average Bonchev–Trinajstić information content (AvgIpc) is 2.80. The highest BCUT2D eigenvalue weighted by atomic mass is 35.5. The molecule has 0 saturated carbocycles. The van der Waals surface area contributed by atoms with E-state index in [1.54, 1.807) is 31.4 Å². The number of hydrogen-bond donors (Lipinski definition) is 2. The first-order valence-corrected chi connectivity index (χ1v) is 10.8. The molecule has 2 aromatic carbocycles. The molecule has 8 nitrogen and oxygen atoms in total. The molecule has 1 heterocycles. The van der Waals surface area contributed by atoms with Gasteiger partial charge in [-0.1, -0.05) is 11.6 Å². The number of benzene rings is 2. The van der Waals surface area contributed by atoms with Crippen LogP contribution in [0.1, 0.15) is 15.9 Å². The maximum atomic E-state index is 12.9. The van der Waals surface area contributed by atoms with Crippen LogP contribution in [0.5, 0.6) is 11.5 Å². The topological polar surface area (TPSA) is 84.4 Å². The van der Waals surface area contributed by atoms with E-state index in [1.165, 1.54) is 7.11 Å². The Morgan fingerprint density at radius 2 is 1.88 bits per heavy atom. The van der Waals surface area contributed by atoms with Gasteiger partial charge in [-0.25, -0.2) is 0 Å². The molecule has 9 heteroatoms. The van der Waals surface area contributed by atoms with E-state index in [0.29, 0.717) is 34.6 Å². The van der Waals surface area contributed by atoms with Gasteiger partial charge in [-0.15, -0.1) is 0 Å². The SMILES string of the molecule is COc1ccc(C(=O)NC(=NCCN2CCOCC2)Nc2ccc(Cl)cc2C)cc1OC. The van der Waals surface area contributed by atoms with Crippen molar-refractivity contribution < 1.29 is 19.0 Å². The molecule has 0 radical (unpaired) electrons. The third-order valence-electron chi connectivity index (χ3n) is 5.11. The smallest absolute Gasteiger partial charge is 0.258 e. The molecule has 32 heavy (non-hydrogen) atoms. The summed E-state index contributed by atoms with van der Waals surface area (Å²) >= 11 is 6.08. The zero-order valence-corrected chi connectivity index (χ0v) is 19.4. The molecule has 0 spiro atoms. The molecule has 2 N–H and O–H groups in total. The zero-order valence-electron chi connectivity index (χ0n) is 18.6. The first kappa shape index (κ1) is 23.8. The van der Waals surface area contributed by atoms with E-state index in [4.69, 9.17) is 25.8 Å². The van der Waals surface area contributed by atoms with Crippen molar-refractivity contribution in [3.8, 4) is 11.5 Å². The number of anilines is 1. The molecule has 3 rings (SSSR count). The van der Waals surface area contributed by atoms with Crippen LogP contribution in [0.15, 0.2) is 41.4 Å². The summed E-state index contributed by atoms with van der Waals surface area (Å²) in [6.07, 6.45) is 0. The summed E-state index contributed by atoms with van der Waals surface area (Å²) in [6, 6.07) is 10.5. The Morgan fingerprint density at radius 1 is 1.12 bits per heavy atom. The lowest BCUT2D eigenvalue weighted by molar-refractivity contribution is 0.0394. The Balaban J connectivity index is 1.75. The van der Waals surface area contributed by atoms with Gasteiger partial charge in [0.15, 0.2) is 11.5 Å². The van der Waals surface area contributed by atoms with Crippen molar-refractivity contribution in [3.05, 3.63) is 52.5 Å². The van der Waals surface area contributed by atoms with Gasteiger partial charge >= 0.3 is 0 Å². The number of carbonyl (C=O) groups is 1. The Bertz CT molecular complexity index is 961. The fraction of sp³-hybridized carbons (Fsp3) is 0.391. The van der Waals surface area contributed by atoms with E-state index in [1.807, 2.05) is 19.1 Å². The number of halogens is 1. The zero-order chi connectivity index (χ0) is 22.9. The number of guanidine groups is 1. The second-order valence-corrected chi connectivity index (χ2v) is 7.73. The van der Waals surface area contributed by atoms with Crippen LogP contribution in [0.4, 0.5) is 5.69 Å². The number of nitrogens with one attached hydrogen (secondary N) is 2. The van der Waals surface area contributed by atoms with E-state index in [0.717, 1.165) is 44.1 Å². The van der Waals surface area contributed by atoms with Crippen LogP contribution in [0.3, 0.4) is 0 Å². The number of nitrogens with zero attached hydrogens (tertiary/aromatic N) is 2. The molecule has 0 unspecified atom stereocenters. The first-order valence-electron chi connectivity index (χ1n) is 10.4. The molecule has 0 atom stereocenters. The van der Waals surface area contributed by atoms with Gasteiger partial charge in [-0.3, -0.25) is 20.0 Å². The van der Waals surface area contributed by atoms with E-state index in [-0.39, 0.29) is 5.91 Å². The maximum absolute atomic E-state index is 12.9. The highest BCUT2D eigenvalue weighted by Crippen LogP contribution is 2.27. The van der Waals surface area contributed by atoms with Crippen LogP contribution >= 0.6 is 11.6 Å². The third kappa shape index (κ3) is 6.59. The maximum Gasteiger partial charge on any atom is 0.258 e. The van der Waals surface area contributed by atoms with Crippen LogP contribution in [-0.2, 0) is 4.74 Å². The van der Waals surface area contributed by atoms with Crippen LogP contribution in [0.2, 0.25) is 5.02 Å². The summed E-state index contributed by atoms with van der Waals surface area (Å²) in [5.41, 5.74) is 2.18. The van der Waals surface area contributed by atoms with Gasteiger partial charge in [0.2, 0.25) is 5.96 Å². The number of rotatable bonds is 7. The number of aryl methyl sites for hydroxylation is 1. The van der Waals surface area contributed by atoms with Crippen molar-refractivity contribution in [2.75, 3.05) is 58.9 Å². The summed E-state index contributed by atoms with van der Waals surface area (Å²) in [7, 11) is 3.08. The van der Waals surface area contributed by atoms with Crippen LogP contribution in [-0.4, -0.2) is 70.4 Å². The lowest BCUT2D eigenvalue weighted by atomic mass is 10.2. The minimum atomic E-state index is -0.310. The van der Waals surface area contributed by atoms with Crippen LogP contribution < -0.4 is 20.1 Å². The summed E-state index contributed by atoms with van der Waals surface area (Å²) in [5.74, 6) is 1.09. The summed E-state index contributed by atoms with van der Waals surface area (Å²) < 4.78 is 15.9. The Hall–Kier alpha value is -2.81. The number of amides is 1. The Labute approximate surface area is 193 Å². The van der Waals surface area contributed by atoms with Crippen molar-refractivity contribution in [1.29, 1.82) is 0 Å². The summed E-state index contributed by atoms with van der Waals surface area (Å²) in [6.45, 7) is 6.47. The van der Waals surface area contributed by atoms with Gasteiger partial charge in [0.1, 0.15) is 0 Å². The molecule has 0 aliphatic carbocycles. The molecule has 1 amide bonds. The predicted octanol–water partition coefficient (Wildman–Crippen LogP) is 3.20. The van der Waals surface area contributed by atoms with Gasteiger partial charge in [0.25, 0.3) is 5.91 Å². The molecule has 1 aliphatic heterocycles. The van der Waals surface area contributed by atoms with E-state index in [2.05, 4.69) is 20.5 Å². The first-order chi connectivity index (χ1) is 15.5. The second-order valence-electron chi connectivity index (χ2n) is 7.29. The highest BCUT2D eigenvalue weighted by molar-refractivity contribution is 6.30. The van der Waals surface area contributed by atoms with Crippen molar-refractivity contribution in [2.24, 2.45) is 4.99 Å². The van der Waals surface area contributed by atoms with Crippen LogP contribution in [0, 0.1) is 6.92 Å². The van der Waals surface area contributed by atoms with Crippen molar-refractivity contribution >= 4 is 29.2 Å². The molecule has 2 aromatic rings. The van der Waals surface area contributed by atoms with Crippen molar-refractivity contribution in [2.45, 2.75) is 6.92 Å². The average molecular weight is 461 g/mol. The van der Waals surface area contributed by atoms with Crippen molar-refractivity contribution in [1.82, 2.24) is 10.2 Å². The number of aliphatic imine (C=N–C) groups is 1. The molecule has 0 aromatic heterocycles. The monoisotopic (exact) mass is 460 g/mol. The molecular formula is C23H29ClN4O4. The number of hydrogen-bond acceptors (Lipinski definition) is 6. The standard InChI is InChI=1S/C23H29ClN4O4/c1-16-14-18(24)5-6-19(16)26-23(25-8-9-28-10-12-32-13-11-28)27-22(29)17-4-7-20(30-2)21(15-17)31-3/h4-7,14-15H,8-13H2,1-3H3,(H2,25,26,27,29). The van der Waals surface area contributed by atoms with Gasteiger partial charge < -0.3 is 19.5 Å². The normalized spacial score (nSPS) is 14.7. The van der Waals surface area contributed by atoms with Gasteiger partial charge in [0.05, 0.1) is 34.0 Å². The quantitative estimate of drug-likeness (QED) is 0.487. The number of ether oxygens (including phenoxy) is 3. The van der Waals surface area contributed by atoms with E-state index >= 15 is 0 Å². The predicted molar refractivity (Wildman–Crippen MR) is 126 cm³/mol. The lowest BCUT2D eigenvalue weighted by Crippen LogP contribution is -2.39. The number of methoxy groups -OCH3 is 2. The lowest BCUT2D eigenvalue weighted by Gasteiger charge is -2.25. The van der Waals surface area contributed by atoms with Gasteiger partial charge in [-0.2, -0.15) is 0 Å². The minimum absolute atomic E-state index is 0.310. The number of morpholine rings is 1. The van der Waals surface area contributed by atoms with E-state index < -0.39 is 0 Å². The Morgan fingerprint density at radius 3 is 2.56 bits per heavy atom. The fourth-order valence-corrected chi connectivity index (χ4v) is 3.52. The third-order valence-corrected chi connectivity index (χ3v) is 5.34. The highest BCUT2D eigenvalue weighted by Gasteiger charge is 2.14. The molecule has 1 aliphatic rings. The molecular weight excluding hydrogens is 432 g/mol. The fourth-order valence-electron chi connectivity index (χ4n) is 3.29. The summed E-state index contributed by atoms with van der Waals surface area (Å²) in [5, 5.41) is 6.75. The largest absolute Gasteiger partial charge is 0.493 e. The van der Waals surface area contributed by atoms with Gasteiger partial charge in [-0.05, 0) is 48.9 Å². The van der Waals surface area contributed by atoms with Gasteiger partial charge in [0, 0.05) is 35.9 Å². The molecule has 1 saturated heterocycles. The van der Waals surface area contributed by atoms with E-state index in [9.17, 15) is 4.79 Å². The second kappa shape index (κ2) is 11.7.